The molecule has 9 nitrogen and oxygen atoms in total. The third-order valence-electron chi connectivity index (χ3n) is 4.28. The highest BCUT2D eigenvalue weighted by molar-refractivity contribution is 8.15. The number of rotatable bonds is 4. The first-order chi connectivity index (χ1) is 13.1. The smallest absolute Gasteiger partial charge is 0.278 e. The van der Waals surface area contributed by atoms with Gasteiger partial charge in [-0.15, -0.1) is 0 Å². The number of nitrogens with two attached hydrogens (primary N) is 2. The highest BCUT2D eigenvalue weighted by Gasteiger charge is 2.40. The average molecular weight is 401 g/mol. The van der Waals surface area contributed by atoms with Gasteiger partial charge in [-0.2, -0.15) is 4.98 Å². The van der Waals surface area contributed by atoms with E-state index in [9.17, 15) is 4.79 Å². The van der Waals surface area contributed by atoms with E-state index < -0.39 is 11.4 Å². The van der Waals surface area contributed by atoms with Crippen LogP contribution < -0.4 is 21.5 Å². The molecule has 0 aliphatic carbocycles. The molecule has 2 aromatic rings. The van der Waals surface area contributed by atoms with Crippen molar-refractivity contribution in [1.29, 1.82) is 0 Å². The van der Waals surface area contributed by atoms with E-state index >= 15 is 0 Å². The summed E-state index contributed by atoms with van der Waals surface area (Å²) in [5.41, 5.74) is 12.5. The molecule has 2 aromatic heterocycles. The third-order valence-corrected chi connectivity index (χ3v) is 5.28. The molecule has 28 heavy (non-hydrogen) atoms. The van der Waals surface area contributed by atoms with E-state index in [0.717, 1.165) is 12.1 Å². The topological polar surface area (TPSA) is 141 Å². The van der Waals surface area contributed by atoms with Gasteiger partial charge in [0, 0.05) is 16.6 Å². The second-order valence-electron chi connectivity index (χ2n) is 7.29. The van der Waals surface area contributed by atoms with Gasteiger partial charge in [-0.05, 0) is 25.5 Å². The number of amidine groups is 1. The summed E-state index contributed by atoms with van der Waals surface area (Å²) in [7, 11) is 1.45. The van der Waals surface area contributed by atoms with Crippen molar-refractivity contribution in [2.75, 3.05) is 18.2 Å². The zero-order chi connectivity index (χ0) is 20.5. The van der Waals surface area contributed by atoms with Crippen LogP contribution >= 0.6 is 11.8 Å². The SMILES string of the molecule is COc1cnc(C(=O)Nc2ccnc([C@]3(C)CC(C)(C)SC(N)=N3)c2)c(N)n1. The average Bonchev–Trinajstić information content (AvgIpc) is 2.59. The minimum absolute atomic E-state index is 0.0125. The van der Waals surface area contributed by atoms with E-state index in [2.05, 4.69) is 39.1 Å². The first kappa shape index (κ1) is 19.9. The van der Waals surface area contributed by atoms with Crippen LogP contribution in [0.25, 0.3) is 0 Å². The molecular weight excluding hydrogens is 378 g/mol. The fourth-order valence-electron chi connectivity index (χ4n) is 3.25. The Labute approximate surface area is 167 Å². The molecule has 1 aliphatic rings. The molecular formula is C18H23N7O2S. The molecule has 0 unspecified atom stereocenters. The second-order valence-corrected chi connectivity index (χ2v) is 9.02. The lowest BCUT2D eigenvalue weighted by atomic mass is 9.87. The summed E-state index contributed by atoms with van der Waals surface area (Å²) in [5.74, 6) is -0.250. The lowest BCUT2D eigenvalue weighted by Crippen LogP contribution is -2.38. The van der Waals surface area contributed by atoms with Gasteiger partial charge in [0.05, 0.1) is 19.0 Å². The predicted molar refractivity (Wildman–Crippen MR) is 110 cm³/mol. The summed E-state index contributed by atoms with van der Waals surface area (Å²) in [5, 5.41) is 3.30. The number of hydrogen-bond donors (Lipinski definition) is 3. The van der Waals surface area contributed by atoms with Gasteiger partial charge < -0.3 is 21.5 Å². The first-order valence-electron chi connectivity index (χ1n) is 8.61. The van der Waals surface area contributed by atoms with Crippen LogP contribution in [-0.4, -0.2) is 37.9 Å². The number of carbonyl (C=O) groups excluding carboxylic acids is 1. The number of anilines is 2. The number of ether oxygens (including phenoxy) is 1. The zero-order valence-corrected chi connectivity index (χ0v) is 17.0. The van der Waals surface area contributed by atoms with Crippen LogP contribution in [0, 0.1) is 0 Å². The minimum Gasteiger partial charge on any atom is -0.480 e. The number of nitrogens with zero attached hydrogens (tertiary/aromatic N) is 4. The molecule has 10 heteroatoms. The van der Waals surface area contributed by atoms with Gasteiger partial charge in [0.2, 0.25) is 5.88 Å². The Balaban J connectivity index is 1.86. The van der Waals surface area contributed by atoms with Gasteiger partial charge in [-0.1, -0.05) is 25.6 Å². The van der Waals surface area contributed by atoms with Crippen molar-refractivity contribution in [3.05, 3.63) is 35.9 Å². The van der Waals surface area contributed by atoms with Gasteiger partial charge in [0.15, 0.2) is 16.7 Å². The molecule has 0 spiro atoms. The summed E-state index contributed by atoms with van der Waals surface area (Å²) in [6.45, 7) is 6.23. The van der Waals surface area contributed by atoms with Crippen molar-refractivity contribution in [1.82, 2.24) is 15.0 Å². The lowest BCUT2D eigenvalue weighted by Gasteiger charge is -2.38. The van der Waals surface area contributed by atoms with Gasteiger partial charge in [-0.3, -0.25) is 9.78 Å². The van der Waals surface area contributed by atoms with Crippen molar-refractivity contribution < 1.29 is 9.53 Å². The largest absolute Gasteiger partial charge is 0.480 e. The van der Waals surface area contributed by atoms with Crippen molar-refractivity contribution in [3.8, 4) is 5.88 Å². The number of thioether (sulfide) groups is 1. The predicted octanol–water partition coefficient (Wildman–Crippen LogP) is 2.16. The standard InChI is InChI=1S/C18H23N7O2S/c1-17(2)9-18(3,25-16(20)28-17)11-7-10(5-6-21-11)23-15(26)13-14(19)24-12(27-4)8-22-13/h5-8H,9H2,1-4H3,(H2,19,24)(H2,20,25)(H,21,23,26)/t18-/m0/s1. The second kappa shape index (κ2) is 7.27. The van der Waals surface area contributed by atoms with E-state index in [4.69, 9.17) is 16.2 Å². The molecule has 0 fully saturated rings. The van der Waals surface area contributed by atoms with Crippen LogP contribution in [0.5, 0.6) is 5.88 Å². The Kier molecular flexibility index (Phi) is 5.16. The van der Waals surface area contributed by atoms with Crippen LogP contribution in [0.1, 0.15) is 43.4 Å². The lowest BCUT2D eigenvalue weighted by molar-refractivity contribution is 0.102. The maximum Gasteiger partial charge on any atom is 0.278 e. The van der Waals surface area contributed by atoms with Crippen molar-refractivity contribution in [2.24, 2.45) is 10.7 Å². The molecule has 1 atom stereocenters. The zero-order valence-electron chi connectivity index (χ0n) is 16.2. The van der Waals surface area contributed by atoms with Crippen LogP contribution in [0.2, 0.25) is 0 Å². The Hall–Kier alpha value is -2.88. The van der Waals surface area contributed by atoms with Gasteiger partial charge >= 0.3 is 0 Å². The van der Waals surface area contributed by atoms with E-state index in [0.29, 0.717) is 10.9 Å². The van der Waals surface area contributed by atoms with Crippen molar-refractivity contribution >= 4 is 34.3 Å². The monoisotopic (exact) mass is 401 g/mol. The van der Waals surface area contributed by atoms with Crippen LogP contribution in [-0.2, 0) is 5.54 Å². The molecule has 0 saturated heterocycles. The molecule has 1 amide bonds. The number of carbonyl (C=O) groups is 1. The van der Waals surface area contributed by atoms with E-state index in [-0.39, 0.29) is 22.1 Å². The van der Waals surface area contributed by atoms with Gasteiger partial charge in [-0.25, -0.2) is 9.98 Å². The number of nitrogens with one attached hydrogen (secondary N) is 1. The van der Waals surface area contributed by atoms with Gasteiger partial charge in [0.25, 0.3) is 5.91 Å². The fraction of sp³-hybridized carbons (Fsp3) is 0.389. The number of hydrogen-bond acceptors (Lipinski definition) is 9. The van der Waals surface area contributed by atoms with Crippen molar-refractivity contribution in [3.63, 3.8) is 0 Å². The van der Waals surface area contributed by atoms with Crippen LogP contribution in [0.15, 0.2) is 29.5 Å². The number of nitrogen functional groups attached to an aromatic ring is 1. The molecule has 3 heterocycles. The number of amides is 1. The summed E-state index contributed by atoms with van der Waals surface area (Å²) in [4.78, 5) is 29.6. The Morgan fingerprint density at radius 3 is 2.68 bits per heavy atom. The molecule has 0 saturated carbocycles. The molecule has 1 aliphatic heterocycles. The normalized spacial score (nSPS) is 20.9. The number of aliphatic imine (C=N–C) groups is 1. The molecule has 3 rings (SSSR count). The first-order valence-corrected chi connectivity index (χ1v) is 9.42. The van der Waals surface area contributed by atoms with Crippen LogP contribution in [0.4, 0.5) is 11.5 Å². The van der Waals surface area contributed by atoms with E-state index in [1.165, 1.54) is 13.3 Å². The summed E-state index contributed by atoms with van der Waals surface area (Å²) < 4.78 is 4.87. The third kappa shape index (κ3) is 4.16. The summed E-state index contributed by atoms with van der Waals surface area (Å²) >= 11 is 1.55. The van der Waals surface area contributed by atoms with Crippen LogP contribution in [0.3, 0.4) is 0 Å². The van der Waals surface area contributed by atoms with Crippen molar-refractivity contribution in [2.45, 2.75) is 37.5 Å². The van der Waals surface area contributed by atoms with E-state index in [1.807, 2.05) is 6.92 Å². The quantitative estimate of drug-likeness (QED) is 0.707. The minimum atomic E-state index is -0.585. The van der Waals surface area contributed by atoms with E-state index in [1.54, 1.807) is 30.1 Å². The number of methoxy groups -OCH3 is 1. The van der Waals surface area contributed by atoms with Gasteiger partial charge in [0.1, 0.15) is 5.54 Å². The molecule has 5 N–H and O–H groups in total. The Morgan fingerprint density at radius 2 is 2.04 bits per heavy atom. The molecule has 0 radical (unpaired) electrons. The molecule has 0 bridgehead atoms. The Bertz CT molecular complexity index is 947. The molecule has 0 aromatic carbocycles. The summed E-state index contributed by atoms with van der Waals surface area (Å²) in [6, 6.07) is 3.47. The Morgan fingerprint density at radius 1 is 1.29 bits per heavy atom. The number of pyridine rings is 1. The highest BCUT2D eigenvalue weighted by Crippen LogP contribution is 2.44. The molecule has 148 valence electrons. The number of aromatic nitrogens is 3. The highest BCUT2D eigenvalue weighted by atomic mass is 32.2. The maximum absolute atomic E-state index is 12.6. The fourth-order valence-corrected chi connectivity index (χ4v) is 4.42. The summed E-state index contributed by atoms with van der Waals surface area (Å²) in [6.07, 6.45) is 3.72. The maximum atomic E-state index is 12.6.